The SMILES string of the molecule is O=S(=O)(C1C=CC=C(C(F)(F)F)C1)C1CC(CO)C1. The van der Waals surface area contributed by atoms with Crippen LogP contribution in [0.15, 0.2) is 23.8 Å². The maximum absolute atomic E-state index is 12.6. The molecule has 108 valence electrons. The van der Waals surface area contributed by atoms with Crippen LogP contribution in [0.5, 0.6) is 0 Å². The van der Waals surface area contributed by atoms with Gasteiger partial charge in [0.1, 0.15) is 0 Å². The van der Waals surface area contributed by atoms with Crippen LogP contribution in [-0.4, -0.2) is 36.8 Å². The van der Waals surface area contributed by atoms with E-state index < -0.39 is 38.5 Å². The Morgan fingerprint density at radius 3 is 2.47 bits per heavy atom. The number of hydrogen-bond donors (Lipinski definition) is 1. The van der Waals surface area contributed by atoms with Gasteiger partial charge in [0.15, 0.2) is 9.84 Å². The van der Waals surface area contributed by atoms with Gasteiger partial charge in [0.2, 0.25) is 0 Å². The van der Waals surface area contributed by atoms with E-state index in [2.05, 4.69) is 0 Å². The van der Waals surface area contributed by atoms with Gasteiger partial charge in [0.25, 0.3) is 0 Å². The van der Waals surface area contributed by atoms with Crippen LogP contribution in [0.1, 0.15) is 19.3 Å². The van der Waals surface area contributed by atoms with Crippen molar-refractivity contribution in [2.45, 2.75) is 35.9 Å². The van der Waals surface area contributed by atoms with Gasteiger partial charge in [0.05, 0.1) is 10.5 Å². The normalized spacial score (nSPS) is 31.8. The molecule has 1 unspecified atom stereocenters. The highest BCUT2D eigenvalue weighted by atomic mass is 32.2. The van der Waals surface area contributed by atoms with Crippen LogP contribution < -0.4 is 0 Å². The Labute approximate surface area is 109 Å². The molecule has 0 saturated heterocycles. The molecular formula is C12H15F3O3S. The maximum Gasteiger partial charge on any atom is 0.412 e. The minimum atomic E-state index is -4.48. The molecule has 2 aliphatic carbocycles. The first kappa shape index (κ1) is 14.6. The fourth-order valence-electron chi connectivity index (χ4n) is 2.42. The molecule has 0 aromatic rings. The molecule has 0 bridgehead atoms. The Morgan fingerprint density at radius 1 is 1.32 bits per heavy atom. The molecule has 2 rings (SSSR count). The fourth-order valence-corrected chi connectivity index (χ4v) is 4.72. The minimum Gasteiger partial charge on any atom is -0.396 e. The Morgan fingerprint density at radius 2 is 1.95 bits per heavy atom. The van der Waals surface area contributed by atoms with Crippen LogP contribution >= 0.6 is 0 Å². The van der Waals surface area contributed by atoms with Crippen molar-refractivity contribution in [3.8, 4) is 0 Å². The number of hydrogen-bond acceptors (Lipinski definition) is 3. The van der Waals surface area contributed by atoms with Gasteiger partial charge < -0.3 is 5.11 Å². The number of allylic oxidation sites excluding steroid dienone is 3. The topological polar surface area (TPSA) is 54.4 Å². The summed E-state index contributed by atoms with van der Waals surface area (Å²) in [5, 5.41) is 7.14. The van der Waals surface area contributed by atoms with Crippen molar-refractivity contribution in [1.82, 2.24) is 0 Å². The smallest absolute Gasteiger partial charge is 0.396 e. The van der Waals surface area contributed by atoms with Crippen molar-refractivity contribution in [2.24, 2.45) is 5.92 Å². The summed E-state index contributed by atoms with van der Waals surface area (Å²) in [5.41, 5.74) is -0.804. The van der Waals surface area contributed by atoms with Crippen LogP contribution in [0, 0.1) is 5.92 Å². The third-order valence-corrected chi connectivity index (χ3v) is 6.23. The number of aliphatic hydroxyl groups excluding tert-OH is 1. The number of halogens is 3. The molecule has 0 aliphatic heterocycles. The second kappa shape index (κ2) is 4.94. The van der Waals surface area contributed by atoms with E-state index in [0.29, 0.717) is 12.8 Å². The number of alkyl halides is 3. The van der Waals surface area contributed by atoms with E-state index in [9.17, 15) is 21.6 Å². The Balaban J connectivity index is 2.08. The monoisotopic (exact) mass is 296 g/mol. The van der Waals surface area contributed by atoms with Crippen molar-refractivity contribution < 1.29 is 26.7 Å². The molecule has 0 spiro atoms. The van der Waals surface area contributed by atoms with E-state index in [1.165, 1.54) is 6.08 Å². The molecule has 1 saturated carbocycles. The van der Waals surface area contributed by atoms with Gasteiger partial charge >= 0.3 is 6.18 Å². The molecule has 7 heteroatoms. The van der Waals surface area contributed by atoms with E-state index in [0.717, 1.165) is 12.2 Å². The first-order valence-corrected chi connectivity index (χ1v) is 7.64. The zero-order valence-corrected chi connectivity index (χ0v) is 10.9. The van der Waals surface area contributed by atoms with Crippen LogP contribution in [0.4, 0.5) is 13.2 Å². The molecule has 1 atom stereocenters. The Bertz CT molecular complexity index is 499. The molecular weight excluding hydrogens is 281 g/mol. The van der Waals surface area contributed by atoms with Gasteiger partial charge in [-0.2, -0.15) is 13.2 Å². The molecule has 2 aliphatic rings. The van der Waals surface area contributed by atoms with E-state index >= 15 is 0 Å². The van der Waals surface area contributed by atoms with Crippen LogP contribution in [-0.2, 0) is 9.84 Å². The third-order valence-electron chi connectivity index (χ3n) is 3.75. The van der Waals surface area contributed by atoms with E-state index in [1.54, 1.807) is 0 Å². The highest BCUT2D eigenvalue weighted by Gasteiger charge is 2.44. The predicted molar refractivity (Wildman–Crippen MR) is 64.2 cm³/mol. The summed E-state index contributed by atoms with van der Waals surface area (Å²) < 4.78 is 62.1. The van der Waals surface area contributed by atoms with Crippen LogP contribution in [0.2, 0.25) is 0 Å². The molecule has 3 nitrogen and oxygen atoms in total. The van der Waals surface area contributed by atoms with E-state index in [-0.39, 0.29) is 12.5 Å². The first-order chi connectivity index (χ1) is 8.75. The Hall–Kier alpha value is -0.820. The Kier molecular flexibility index (Phi) is 3.79. The standard InChI is InChI=1S/C12H15F3O3S/c13-12(14,15)9-2-1-3-10(6-9)19(17,18)11-4-8(5-11)7-16/h1-3,8,10-11,16H,4-7H2. The average molecular weight is 296 g/mol. The summed E-state index contributed by atoms with van der Waals surface area (Å²) in [7, 11) is -3.60. The number of aliphatic hydroxyl groups is 1. The van der Waals surface area contributed by atoms with Crippen molar-refractivity contribution in [2.75, 3.05) is 6.61 Å². The van der Waals surface area contributed by atoms with Gasteiger partial charge in [-0.3, -0.25) is 0 Å². The largest absolute Gasteiger partial charge is 0.412 e. The van der Waals surface area contributed by atoms with Crippen molar-refractivity contribution in [3.63, 3.8) is 0 Å². The third kappa shape index (κ3) is 2.86. The molecule has 0 aromatic heterocycles. The lowest BCUT2D eigenvalue weighted by Gasteiger charge is -2.36. The highest BCUT2D eigenvalue weighted by Crippen LogP contribution is 2.39. The zero-order valence-electron chi connectivity index (χ0n) is 10.1. The van der Waals surface area contributed by atoms with Gasteiger partial charge in [-0.25, -0.2) is 8.42 Å². The van der Waals surface area contributed by atoms with Crippen molar-refractivity contribution in [1.29, 1.82) is 0 Å². The van der Waals surface area contributed by atoms with Gasteiger partial charge in [0, 0.05) is 12.2 Å². The molecule has 19 heavy (non-hydrogen) atoms. The molecule has 0 heterocycles. The lowest BCUT2D eigenvalue weighted by Crippen LogP contribution is -2.42. The summed E-state index contributed by atoms with van der Waals surface area (Å²) in [5.74, 6) is -0.0371. The van der Waals surface area contributed by atoms with Crippen LogP contribution in [0.25, 0.3) is 0 Å². The van der Waals surface area contributed by atoms with Gasteiger partial charge in [-0.05, 0) is 25.2 Å². The van der Waals surface area contributed by atoms with E-state index in [1.807, 2.05) is 0 Å². The first-order valence-electron chi connectivity index (χ1n) is 6.03. The summed E-state index contributed by atoms with van der Waals surface area (Å²) in [6.45, 7) is -0.0692. The summed E-state index contributed by atoms with van der Waals surface area (Å²) in [6.07, 6.45) is -0.909. The molecule has 1 N–H and O–H groups in total. The molecule has 1 fully saturated rings. The highest BCUT2D eigenvalue weighted by molar-refractivity contribution is 7.92. The summed E-state index contributed by atoms with van der Waals surface area (Å²) >= 11 is 0. The molecule has 0 amide bonds. The molecule has 0 aromatic carbocycles. The molecule has 0 radical (unpaired) electrons. The lowest BCUT2D eigenvalue weighted by atomic mass is 9.86. The zero-order chi connectivity index (χ0) is 14.3. The van der Waals surface area contributed by atoms with Gasteiger partial charge in [-0.1, -0.05) is 18.2 Å². The van der Waals surface area contributed by atoms with E-state index in [4.69, 9.17) is 5.11 Å². The second-order valence-corrected chi connectivity index (χ2v) is 7.50. The lowest BCUT2D eigenvalue weighted by molar-refractivity contribution is -0.0939. The average Bonchev–Trinajstić information content (AvgIpc) is 2.26. The second-order valence-electron chi connectivity index (χ2n) is 5.05. The maximum atomic E-state index is 12.6. The summed E-state index contributed by atoms with van der Waals surface area (Å²) in [4.78, 5) is 0. The predicted octanol–water partition coefficient (Wildman–Crippen LogP) is 1.99. The van der Waals surface area contributed by atoms with Crippen LogP contribution in [0.3, 0.4) is 0 Å². The van der Waals surface area contributed by atoms with Gasteiger partial charge in [-0.15, -0.1) is 0 Å². The minimum absolute atomic E-state index is 0.0371. The van der Waals surface area contributed by atoms with Crippen molar-refractivity contribution in [3.05, 3.63) is 23.8 Å². The quantitative estimate of drug-likeness (QED) is 0.866. The number of rotatable bonds is 3. The van der Waals surface area contributed by atoms with Crippen molar-refractivity contribution >= 4 is 9.84 Å². The fraction of sp³-hybridized carbons (Fsp3) is 0.667. The number of sulfone groups is 1. The summed E-state index contributed by atoms with van der Waals surface area (Å²) in [6, 6.07) is 0.